The first-order valence-electron chi connectivity index (χ1n) is 9.42. The smallest absolute Gasteiger partial charge is 0.158 e. The first kappa shape index (κ1) is 20.2. The summed E-state index contributed by atoms with van der Waals surface area (Å²) in [5.74, 6) is 0. The molecular formula is C24H30O2. The lowest BCUT2D eigenvalue weighted by atomic mass is 10.1. The molecular weight excluding hydrogens is 320 g/mol. The number of hydrogen-bond acceptors (Lipinski definition) is 2. The van der Waals surface area contributed by atoms with E-state index in [1.54, 1.807) is 0 Å². The molecule has 2 aromatic carbocycles. The Hall–Kier alpha value is -2.16. The molecule has 0 radical (unpaired) electrons. The number of ether oxygens (including phenoxy) is 2. The van der Waals surface area contributed by atoms with Gasteiger partial charge < -0.3 is 9.47 Å². The Morgan fingerprint density at radius 2 is 1.31 bits per heavy atom. The number of unbranched alkanes of at least 4 members (excludes halogenated alkanes) is 2. The molecule has 0 aliphatic heterocycles. The average Bonchev–Trinajstić information content (AvgIpc) is 2.70. The van der Waals surface area contributed by atoms with Gasteiger partial charge in [-0.3, -0.25) is 0 Å². The first-order valence-corrected chi connectivity index (χ1v) is 9.42. The van der Waals surface area contributed by atoms with E-state index in [2.05, 4.69) is 44.3 Å². The Morgan fingerprint density at radius 3 is 1.77 bits per heavy atom. The zero-order valence-corrected chi connectivity index (χ0v) is 15.8. The van der Waals surface area contributed by atoms with E-state index in [-0.39, 0.29) is 6.29 Å². The van der Waals surface area contributed by atoms with Gasteiger partial charge in [-0.25, -0.2) is 0 Å². The van der Waals surface area contributed by atoms with Crippen molar-refractivity contribution in [3.05, 3.63) is 83.9 Å². The van der Waals surface area contributed by atoms with Gasteiger partial charge in [0.05, 0.1) is 13.2 Å². The van der Waals surface area contributed by atoms with Crippen LogP contribution in [0.5, 0.6) is 0 Å². The Bertz CT molecular complexity index is 635. The third-order valence-electron chi connectivity index (χ3n) is 4.44. The van der Waals surface area contributed by atoms with E-state index in [0.717, 1.165) is 35.1 Å². The standard InChI is InChI=1S/C24H30O2/c1-4-7-8-17-24(25-18-22-15-11-9-13-20(22)5-2)26-19-23-16-12-10-14-21(23)6-3/h5-6,9-16,24H,2-4,7-8,17-19H2,1H3. The van der Waals surface area contributed by atoms with Crippen LogP contribution in [-0.4, -0.2) is 6.29 Å². The predicted molar refractivity (Wildman–Crippen MR) is 111 cm³/mol. The summed E-state index contributed by atoms with van der Waals surface area (Å²) >= 11 is 0. The van der Waals surface area contributed by atoms with Gasteiger partial charge in [-0.1, -0.05) is 93.6 Å². The van der Waals surface area contributed by atoms with Crippen LogP contribution in [0.15, 0.2) is 61.7 Å². The lowest BCUT2D eigenvalue weighted by molar-refractivity contribution is -0.160. The molecule has 0 atom stereocenters. The van der Waals surface area contributed by atoms with E-state index >= 15 is 0 Å². The van der Waals surface area contributed by atoms with Crippen LogP contribution in [-0.2, 0) is 22.7 Å². The van der Waals surface area contributed by atoms with Crippen LogP contribution in [0.1, 0.15) is 54.9 Å². The summed E-state index contributed by atoms with van der Waals surface area (Å²) in [6.45, 7) is 11.0. The van der Waals surface area contributed by atoms with E-state index < -0.39 is 0 Å². The maximum absolute atomic E-state index is 6.12. The van der Waals surface area contributed by atoms with Gasteiger partial charge >= 0.3 is 0 Å². The summed E-state index contributed by atoms with van der Waals surface area (Å²) in [7, 11) is 0. The third-order valence-corrected chi connectivity index (χ3v) is 4.44. The van der Waals surface area contributed by atoms with E-state index in [1.165, 1.54) is 12.8 Å². The van der Waals surface area contributed by atoms with Gasteiger partial charge in [-0.2, -0.15) is 0 Å². The second kappa shape index (κ2) is 11.5. The Balaban J connectivity index is 1.98. The van der Waals surface area contributed by atoms with E-state index in [1.807, 2.05) is 36.4 Å². The van der Waals surface area contributed by atoms with Crippen molar-refractivity contribution in [1.29, 1.82) is 0 Å². The van der Waals surface area contributed by atoms with Gasteiger partial charge in [0.2, 0.25) is 0 Å². The number of benzene rings is 2. The van der Waals surface area contributed by atoms with Gasteiger partial charge in [-0.15, -0.1) is 0 Å². The molecule has 0 heterocycles. The van der Waals surface area contributed by atoms with E-state index in [9.17, 15) is 0 Å². The van der Waals surface area contributed by atoms with Gasteiger partial charge in [-0.05, 0) is 35.1 Å². The summed E-state index contributed by atoms with van der Waals surface area (Å²) in [6.07, 6.45) is 7.91. The van der Waals surface area contributed by atoms with Crippen molar-refractivity contribution < 1.29 is 9.47 Å². The van der Waals surface area contributed by atoms with Gasteiger partial charge in [0.15, 0.2) is 6.29 Å². The number of hydrogen-bond donors (Lipinski definition) is 0. The van der Waals surface area contributed by atoms with Crippen molar-refractivity contribution in [2.75, 3.05) is 0 Å². The molecule has 0 N–H and O–H groups in total. The third kappa shape index (κ3) is 6.29. The Kier molecular flexibility index (Phi) is 8.88. The molecule has 0 aliphatic rings. The van der Waals surface area contributed by atoms with Gasteiger partial charge in [0, 0.05) is 0 Å². The van der Waals surface area contributed by atoms with E-state index in [4.69, 9.17) is 9.47 Å². The highest BCUT2D eigenvalue weighted by Gasteiger charge is 2.12. The minimum Gasteiger partial charge on any atom is -0.348 e. The molecule has 2 heteroatoms. The highest BCUT2D eigenvalue weighted by molar-refractivity contribution is 5.52. The molecule has 2 aromatic rings. The minimum atomic E-state index is -0.211. The van der Waals surface area contributed by atoms with Crippen LogP contribution in [0.3, 0.4) is 0 Å². The molecule has 0 spiro atoms. The molecule has 0 aromatic heterocycles. The predicted octanol–water partition coefficient (Wildman–Crippen LogP) is 6.61. The highest BCUT2D eigenvalue weighted by atomic mass is 16.7. The zero-order valence-electron chi connectivity index (χ0n) is 15.8. The van der Waals surface area contributed by atoms with Crippen LogP contribution in [0.4, 0.5) is 0 Å². The fourth-order valence-electron chi connectivity index (χ4n) is 2.87. The second-order valence-corrected chi connectivity index (χ2v) is 6.35. The first-order chi connectivity index (χ1) is 12.8. The van der Waals surface area contributed by atoms with Crippen LogP contribution < -0.4 is 0 Å². The number of rotatable bonds is 12. The molecule has 0 fully saturated rings. The summed E-state index contributed by atoms with van der Waals surface area (Å²) in [6, 6.07) is 16.3. The molecule has 0 saturated heterocycles. The molecule has 0 unspecified atom stereocenters. The monoisotopic (exact) mass is 350 g/mol. The maximum Gasteiger partial charge on any atom is 0.158 e. The molecule has 0 amide bonds. The molecule has 2 rings (SSSR count). The Morgan fingerprint density at radius 1 is 0.808 bits per heavy atom. The summed E-state index contributed by atoms with van der Waals surface area (Å²) in [5.41, 5.74) is 4.49. The van der Waals surface area contributed by atoms with Crippen molar-refractivity contribution in [1.82, 2.24) is 0 Å². The summed E-state index contributed by atoms with van der Waals surface area (Å²) in [5, 5.41) is 0. The summed E-state index contributed by atoms with van der Waals surface area (Å²) < 4.78 is 12.2. The van der Waals surface area contributed by atoms with Gasteiger partial charge in [0.25, 0.3) is 0 Å². The fraction of sp³-hybridized carbons (Fsp3) is 0.333. The summed E-state index contributed by atoms with van der Waals surface area (Å²) in [4.78, 5) is 0. The largest absolute Gasteiger partial charge is 0.348 e. The average molecular weight is 351 g/mol. The van der Waals surface area contributed by atoms with E-state index in [0.29, 0.717) is 13.2 Å². The topological polar surface area (TPSA) is 18.5 Å². The second-order valence-electron chi connectivity index (χ2n) is 6.35. The molecule has 138 valence electrons. The Labute approximate surface area is 158 Å². The molecule has 0 bridgehead atoms. The normalized spacial score (nSPS) is 10.8. The lowest BCUT2D eigenvalue weighted by Crippen LogP contribution is -2.18. The van der Waals surface area contributed by atoms with Gasteiger partial charge in [0.1, 0.15) is 0 Å². The van der Waals surface area contributed by atoms with Crippen molar-refractivity contribution in [2.45, 2.75) is 52.1 Å². The van der Waals surface area contributed by atoms with Crippen molar-refractivity contribution in [3.8, 4) is 0 Å². The molecule has 2 nitrogen and oxygen atoms in total. The highest BCUT2D eigenvalue weighted by Crippen LogP contribution is 2.18. The van der Waals surface area contributed by atoms with Crippen LogP contribution in [0, 0.1) is 0 Å². The zero-order chi connectivity index (χ0) is 18.6. The molecule has 0 saturated carbocycles. The quantitative estimate of drug-likeness (QED) is 0.317. The molecule has 0 aliphatic carbocycles. The molecule has 26 heavy (non-hydrogen) atoms. The SMILES string of the molecule is C=Cc1ccccc1COC(CCCCC)OCc1ccccc1C=C. The minimum absolute atomic E-state index is 0.211. The van der Waals surface area contributed by atoms with Crippen LogP contribution >= 0.6 is 0 Å². The lowest BCUT2D eigenvalue weighted by Gasteiger charge is -2.20. The van der Waals surface area contributed by atoms with Crippen molar-refractivity contribution in [3.63, 3.8) is 0 Å². The van der Waals surface area contributed by atoms with Crippen LogP contribution in [0.2, 0.25) is 0 Å². The van der Waals surface area contributed by atoms with Crippen molar-refractivity contribution in [2.24, 2.45) is 0 Å². The maximum atomic E-state index is 6.12. The van der Waals surface area contributed by atoms with Crippen LogP contribution in [0.25, 0.3) is 12.2 Å². The van der Waals surface area contributed by atoms with Crippen molar-refractivity contribution >= 4 is 12.2 Å². The fourth-order valence-corrected chi connectivity index (χ4v) is 2.87.